The lowest BCUT2D eigenvalue weighted by Crippen LogP contribution is -2.11. The molecule has 2 nitrogen and oxygen atoms in total. The Bertz CT molecular complexity index is 796. The first-order valence-corrected chi connectivity index (χ1v) is 7.42. The molecular formula is C19H17NO. The highest BCUT2D eigenvalue weighted by molar-refractivity contribution is 5.78. The zero-order chi connectivity index (χ0) is 14.2. The standard InChI is InChI=1S/C19H17NO/c21-19-15(11-14-6-1-3-7-17(14)19)12-16-10-9-13-5-2-4-8-18(13)20-16/h1-10,15,19,21H,11-12H2. The van der Waals surface area contributed by atoms with Crippen molar-refractivity contribution in [1.82, 2.24) is 4.98 Å². The van der Waals surface area contributed by atoms with E-state index >= 15 is 0 Å². The minimum Gasteiger partial charge on any atom is -0.388 e. The van der Waals surface area contributed by atoms with E-state index in [-0.39, 0.29) is 12.0 Å². The van der Waals surface area contributed by atoms with Crippen LogP contribution in [0.2, 0.25) is 0 Å². The summed E-state index contributed by atoms with van der Waals surface area (Å²) in [4.78, 5) is 4.72. The van der Waals surface area contributed by atoms with Crippen LogP contribution in [0.25, 0.3) is 10.9 Å². The fraction of sp³-hybridized carbons (Fsp3) is 0.211. The van der Waals surface area contributed by atoms with Crippen LogP contribution >= 0.6 is 0 Å². The van der Waals surface area contributed by atoms with Crippen molar-refractivity contribution in [2.45, 2.75) is 18.9 Å². The lowest BCUT2D eigenvalue weighted by molar-refractivity contribution is 0.123. The van der Waals surface area contributed by atoms with E-state index in [0.717, 1.165) is 35.0 Å². The second kappa shape index (κ2) is 4.97. The molecule has 2 aromatic carbocycles. The summed E-state index contributed by atoms with van der Waals surface area (Å²) in [6.07, 6.45) is 1.39. The lowest BCUT2D eigenvalue weighted by atomic mass is 9.97. The van der Waals surface area contributed by atoms with Crippen molar-refractivity contribution in [1.29, 1.82) is 0 Å². The summed E-state index contributed by atoms with van der Waals surface area (Å²) in [7, 11) is 0. The SMILES string of the molecule is OC1c2ccccc2CC1Cc1ccc2ccccc2n1. The van der Waals surface area contributed by atoms with Crippen LogP contribution in [-0.2, 0) is 12.8 Å². The van der Waals surface area contributed by atoms with Gasteiger partial charge < -0.3 is 5.11 Å². The molecular weight excluding hydrogens is 258 g/mol. The first-order valence-electron chi connectivity index (χ1n) is 7.42. The molecule has 0 aliphatic heterocycles. The maximum absolute atomic E-state index is 10.5. The Morgan fingerprint density at radius 2 is 1.76 bits per heavy atom. The first-order chi connectivity index (χ1) is 10.3. The van der Waals surface area contributed by atoms with E-state index in [4.69, 9.17) is 4.98 Å². The number of hydrogen-bond acceptors (Lipinski definition) is 2. The fourth-order valence-electron chi connectivity index (χ4n) is 3.33. The van der Waals surface area contributed by atoms with E-state index in [9.17, 15) is 5.11 Å². The number of benzene rings is 2. The smallest absolute Gasteiger partial charge is 0.0827 e. The van der Waals surface area contributed by atoms with Crippen LogP contribution in [0.15, 0.2) is 60.7 Å². The highest BCUT2D eigenvalue weighted by atomic mass is 16.3. The third-order valence-electron chi connectivity index (χ3n) is 4.43. The van der Waals surface area contributed by atoms with Crippen LogP contribution in [0.1, 0.15) is 22.9 Å². The van der Waals surface area contributed by atoms with Crippen LogP contribution in [0.3, 0.4) is 0 Å². The van der Waals surface area contributed by atoms with Crippen LogP contribution < -0.4 is 0 Å². The summed E-state index contributed by atoms with van der Waals surface area (Å²) in [6, 6.07) is 20.6. The molecule has 4 rings (SSSR count). The van der Waals surface area contributed by atoms with Gasteiger partial charge in [-0.3, -0.25) is 4.98 Å². The molecule has 2 atom stereocenters. The van der Waals surface area contributed by atoms with Crippen LogP contribution in [0.5, 0.6) is 0 Å². The van der Waals surface area contributed by atoms with Gasteiger partial charge in [0.25, 0.3) is 0 Å². The van der Waals surface area contributed by atoms with Gasteiger partial charge in [0, 0.05) is 11.1 Å². The molecule has 0 fully saturated rings. The number of aliphatic hydroxyl groups is 1. The Hall–Kier alpha value is -2.19. The van der Waals surface area contributed by atoms with Gasteiger partial charge in [-0.05, 0) is 42.0 Å². The summed E-state index contributed by atoms with van der Waals surface area (Å²) in [5.74, 6) is 0.232. The normalized spacial score (nSPS) is 20.6. The predicted octanol–water partition coefficient (Wildman–Crippen LogP) is 3.68. The first kappa shape index (κ1) is 12.5. The number of pyridine rings is 1. The second-order valence-electron chi connectivity index (χ2n) is 5.81. The molecule has 2 heteroatoms. The van der Waals surface area contributed by atoms with Gasteiger partial charge in [0.2, 0.25) is 0 Å². The quantitative estimate of drug-likeness (QED) is 0.774. The molecule has 3 aromatic rings. The van der Waals surface area contributed by atoms with Gasteiger partial charge in [0.15, 0.2) is 0 Å². The molecule has 0 amide bonds. The molecule has 21 heavy (non-hydrogen) atoms. The topological polar surface area (TPSA) is 33.1 Å². The monoisotopic (exact) mass is 275 g/mol. The van der Waals surface area contributed by atoms with Gasteiger partial charge >= 0.3 is 0 Å². The molecule has 2 unspecified atom stereocenters. The van der Waals surface area contributed by atoms with Crippen molar-refractivity contribution in [3.63, 3.8) is 0 Å². The Kier molecular flexibility index (Phi) is 2.97. The van der Waals surface area contributed by atoms with Crippen molar-refractivity contribution in [2.24, 2.45) is 5.92 Å². The third-order valence-corrected chi connectivity index (χ3v) is 4.43. The minimum absolute atomic E-state index is 0.232. The average molecular weight is 275 g/mol. The van der Waals surface area contributed by atoms with Crippen molar-refractivity contribution < 1.29 is 5.11 Å². The van der Waals surface area contributed by atoms with E-state index in [1.54, 1.807) is 0 Å². The van der Waals surface area contributed by atoms with Crippen LogP contribution in [-0.4, -0.2) is 10.1 Å². The van der Waals surface area contributed by atoms with Gasteiger partial charge in [-0.15, -0.1) is 0 Å². The maximum atomic E-state index is 10.5. The molecule has 1 heterocycles. The molecule has 104 valence electrons. The summed E-state index contributed by atoms with van der Waals surface area (Å²) in [5, 5.41) is 11.7. The Balaban J connectivity index is 1.61. The Labute approximate surface area is 124 Å². The maximum Gasteiger partial charge on any atom is 0.0827 e. The molecule has 0 saturated carbocycles. The molecule has 1 aliphatic carbocycles. The summed E-state index contributed by atoms with van der Waals surface area (Å²) in [5.41, 5.74) is 4.45. The van der Waals surface area contributed by atoms with E-state index in [2.05, 4.69) is 24.3 Å². The van der Waals surface area contributed by atoms with Gasteiger partial charge in [0.05, 0.1) is 11.6 Å². The number of nitrogens with zero attached hydrogens (tertiary/aromatic N) is 1. The lowest BCUT2D eigenvalue weighted by Gasteiger charge is -2.14. The number of aliphatic hydroxyl groups excluding tert-OH is 1. The van der Waals surface area contributed by atoms with Gasteiger partial charge in [-0.2, -0.15) is 0 Å². The molecule has 1 aliphatic rings. The van der Waals surface area contributed by atoms with Crippen molar-refractivity contribution in [3.05, 3.63) is 77.5 Å². The summed E-state index contributed by atoms with van der Waals surface area (Å²) < 4.78 is 0. The molecule has 1 N–H and O–H groups in total. The Morgan fingerprint density at radius 3 is 2.67 bits per heavy atom. The number of para-hydroxylation sites is 1. The van der Waals surface area contributed by atoms with Gasteiger partial charge in [0.1, 0.15) is 0 Å². The van der Waals surface area contributed by atoms with E-state index in [1.165, 1.54) is 5.56 Å². The minimum atomic E-state index is -0.366. The van der Waals surface area contributed by atoms with Gasteiger partial charge in [-0.1, -0.05) is 48.5 Å². The van der Waals surface area contributed by atoms with E-state index in [0.29, 0.717) is 0 Å². The zero-order valence-corrected chi connectivity index (χ0v) is 11.7. The average Bonchev–Trinajstić information content (AvgIpc) is 2.84. The molecule has 0 spiro atoms. The molecule has 0 radical (unpaired) electrons. The fourth-order valence-corrected chi connectivity index (χ4v) is 3.33. The summed E-state index contributed by atoms with van der Waals surface area (Å²) >= 11 is 0. The van der Waals surface area contributed by atoms with E-state index in [1.807, 2.05) is 36.4 Å². The highest BCUT2D eigenvalue weighted by Crippen LogP contribution is 2.37. The van der Waals surface area contributed by atoms with Crippen molar-refractivity contribution in [3.8, 4) is 0 Å². The molecule has 0 bridgehead atoms. The number of fused-ring (bicyclic) bond motifs is 2. The zero-order valence-electron chi connectivity index (χ0n) is 11.7. The number of aromatic nitrogens is 1. The third kappa shape index (κ3) is 2.22. The summed E-state index contributed by atoms with van der Waals surface area (Å²) in [6.45, 7) is 0. The largest absolute Gasteiger partial charge is 0.388 e. The number of hydrogen-bond donors (Lipinski definition) is 1. The van der Waals surface area contributed by atoms with Crippen LogP contribution in [0.4, 0.5) is 0 Å². The van der Waals surface area contributed by atoms with E-state index < -0.39 is 0 Å². The predicted molar refractivity (Wildman–Crippen MR) is 84.0 cm³/mol. The Morgan fingerprint density at radius 1 is 0.952 bits per heavy atom. The van der Waals surface area contributed by atoms with Gasteiger partial charge in [-0.25, -0.2) is 0 Å². The highest BCUT2D eigenvalue weighted by Gasteiger charge is 2.30. The second-order valence-corrected chi connectivity index (χ2v) is 5.81. The molecule has 1 aromatic heterocycles. The molecule has 0 saturated heterocycles. The number of rotatable bonds is 2. The van der Waals surface area contributed by atoms with Crippen molar-refractivity contribution in [2.75, 3.05) is 0 Å². The van der Waals surface area contributed by atoms with Crippen LogP contribution in [0, 0.1) is 5.92 Å². The van der Waals surface area contributed by atoms with Crippen molar-refractivity contribution >= 4 is 10.9 Å².